The SMILES string of the molecule is O=C1CCCN(c2c([N+](=O)[O-])cnn2CCO)C1. The summed E-state index contributed by atoms with van der Waals surface area (Å²) in [5, 5.41) is 23.8. The molecule has 1 aromatic heterocycles. The first-order chi connectivity index (χ1) is 8.63. The predicted molar refractivity (Wildman–Crippen MR) is 62.4 cm³/mol. The third kappa shape index (κ3) is 2.33. The number of anilines is 1. The van der Waals surface area contributed by atoms with Crippen LogP contribution >= 0.6 is 0 Å². The van der Waals surface area contributed by atoms with E-state index in [2.05, 4.69) is 5.10 Å². The zero-order valence-corrected chi connectivity index (χ0v) is 9.78. The Labute approximate surface area is 103 Å². The topological polar surface area (TPSA) is 102 Å². The van der Waals surface area contributed by atoms with Crippen molar-refractivity contribution in [3.05, 3.63) is 16.3 Å². The van der Waals surface area contributed by atoms with Gasteiger partial charge in [0, 0.05) is 13.0 Å². The fourth-order valence-corrected chi connectivity index (χ4v) is 2.10. The van der Waals surface area contributed by atoms with Gasteiger partial charge in [0.15, 0.2) is 5.78 Å². The van der Waals surface area contributed by atoms with Crippen molar-refractivity contribution in [2.45, 2.75) is 19.4 Å². The highest BCUT2D eigenvalue weighted by Gasteiger charge is 2.28. The summed E-state index contributed by atoms with van der Waals surface area (Å²) in [7, 11) is 0. The maximum absolute atomic E-state index is 11.4. The number of aliphatic hydroxyl groups is 1. The zero-order chi connectivity index (χ0) is 13.1. The Morgan fingerprint density at radius 1 is 1.56 bits per heavy atom. The molecule has 1 aliphatic rings. The highest BCUT2D eigenvalue weighted by molar-refractivity contribution is 5.85. The average Bonchev–Trinajstić information content (AvgIpc) is 2.73. The van der Waals surface area contributed by atoms with E-state index in [1.807, 2.05) is 0 Å². The van der Waals surface area contributed by atoms with Crippen LogP contribution in [0.3, 0.4) is 0 Å². The Bertz CT molecular complexity index is 470. The number of rotatable bonds is 4. The van der Waals surface area contributed by atoms with Crippen LogP contribution < -0.4 is 4.90 Å². The summed E-state index contributed by atoms with van der Waals surface area (Å²) in [5.41, 5.74) is -0.127. The van der Waals surface area contributed by atoms with Crippen LogP contribution in [-0.2, 0) is 11.3 Å². The molecule has 0 unspecified atom stereocenters. The predicted octanol–water partition coefficient (Wildman–Crippen LogP) is -0.0471. The molecule has 1 aliphatic heterocycles. The van der Waals surface area contributed by atoms with Crippen LogP contribution in [0.1, 0.15) is 12.8 Å². The lowest BCUT2D eigenvalue weighted by Gasteiger charge is -2.27. The Hall–Kier alpha value is -1.96. The van der Waals surface area contributed by atoms with Crippen LogP contribution in [0.4, 0.5) is 11.5 Å². The fraction of sp³-hybridized carbons (Fsp3) is 0.600. The third-order valence-electron chi connectivity index (χ3n) is 2.85. The second kappa shape index (κ2) is 5.13. The van der Waals surface area contributed by atoms with Crippen molar-refractivity contribution in [2.24, 2.45) is 0 Å². The molecule has 18 heavy (non-hydrogen) atoms. The van der Waals surface area contributed by atoms with Gasteiger partial charge in [-0.1, -0.05) is 0 Å². The first kappa shape index (κ1) is 12.5. The van der Waals surface area contributed by atoms with E-state index in [0.717, 1.165) is 6.20 Å². The van der Waals surface area contributed by atoms with E-state index in [4.69, 9.17) is 5.11 Å². The number of aliphatic hydroxyl groups excluding tert-OH is 1. The lowest BCUT2D eigenvalue weighted by atomic mass is 10.1. The molecule has 0 aromatic carbocycles. The number of carbonyl (C=O) groups is 1. The molecule has 0 saturated carbocycles. The molecule has 98 valence electrons. The van der Waals surface area contributed by atoms with Crippen LogP contribution in [-0.4, -0.2) is 45.3 Å². The van der Waals surface area contributed by atoms with E-state index >= 15 is 0 Å². The van der Waals surface area contributed by atoms with Gasteiger partial charge in [-0.3, -0.25) is 14.9 Å². The highest BCUT2D eigenvalue weighted by atomic mass is 16.6. The minimum atomic E-state index is -0.519. The van der Waals surface area contributed by atoms with Gasteiger partial charge in [-0.25, -0.2) is 4.68 Å². The largest absolute Gasteiger partial charge is 0.394 e. The Morgan fingerprint density at radius 3 is 2.94 bits per heavy atom. The quantitative estimate of drug-likeness (QED) is 0.597. The van der Waals surface area contributed by atoms with Gasteiger partial charge in [0.2, 0.25) is 5.82 Å². The minimum absolute atomic E-state index is 0.0623. The molecule has 2 rings (SSSR count). The number of nitrogens with zero attached hydrogens (tertiary/aromatic N) is 4. The van der Waals surface area contributed by atoms with Gasteiger partial charge in [0.05, 0.1) is 24.6 Å². The van der Waals surface area contributed by atoms with Crippen molar-refractivity contribution in [1.82, 2.24) is 9.78 Å². The molecule has 0 amide bonds. The van der Waals surface area contributed by atoms with Gasteiger partial charge in [0.25, 0.3) is 0 Å². The first-order valence-corrected chi connectivity index (χ1v) is 5.71. The van der Waals surface area contributed by atoms with Crippen molar-refractivity contribution >= 4 is 17.3 Å². The van der Waals surface area contributed by atoms with E-state index in [9.17, 15) is 14.9 Å². The molecular formula is C10H14N4O4. The second-order valence-corrected chi connectivity index (χ2v) is 4.12. The van der Waals surface area contributed by atoms with Gasteiger partial charge in [-0.15, -0.1) is 0 Å². The lowest BCUT2D eigenvalue weighted by molar-refractivity contribution is -0.384. The van der Waals surface area contributed by atoms with Gasteiger partial charge >= 0.3 is 5.69 Å². The van der Waals surface area contributed by atoms with E-state index in [-0.39, 0.29) is 31.2 Å². The zero-order valence-electron chi connectivity index (χ0n) is 9.78. The van der Waals surface area contributed by atoms with Crippen LogP contribution in [0.2, 0.25) is 0 Å². The van der Waals surface area contributed by atoms with E-state index < -0.39 is 4.92 Å². The number of ketones is 1. The number of Topliss-reactive ketones (excluding diaryl/α,β-unsaturated/α-hetero) is 1. The van der Waals surface area contributed by atoms with Crippen LogP contribution in [0, 0.1) is 10.1 Å². The Kier molecular flexibility index (Phi) is 3.56. The molecule has 8 heteroatoms. The Morgan fingerprint density at radius 2 is 2.33 bits per heavy atom. The van der Waals surface area contributed by atoms with Gasteiger partial charge < -0.3 is 10.0 Å². The lowest BCUT2D eigenvalue weighted by Crippen LogP contribution is -2.37. The first-order valence-electron chi connectivity index (χ1n) is 5.71. The molecule has 2 heterocycles. The van der Waals surface area contributed by atoms with E-state index in [0.29, 0.717) is 25.2 Å². The smallest absolute Gasteiger partial charge is 0.331 e. The van der Waals surface area contributed by atoms with Crippen molar-refractivity contribution in [3.8, 4) is 0 Å². The molecule has 0 aliphatic carbocycles. The fourth-order valence-electron chi connectivity index (χ4n) is 2.10. The van der Waals surface area contributed by atoms with Crippen molar-refractivity contribution in [1.29, 1.82) is 0 Å². The monoisotopic (exact) mass is 254 g/mol. The number of hydrogen-bond acceptors (Lipinski definition) is 6. The normalized spacial score (nSPS) is 16.1. The van der Waals surface area contributed by atoms with Crippen molar-refractivity contribution < 1.29 is 14.8 Å². The van der Waals surface area contributed by atoms with Gasteiger partial charge in [-0.2, -0.15) is 5.10 Å². The molecular weight excluding hydrogens is 240 g/mol. The maximum Gasteiger partial charge on any atom is 0.331 e. The average molecular weight is 254 g/mol. The summed E-state index contributed by atoms with van der Waals surface area (Å²) >= 11 is 0. The number of hydrogen-bond donors (Lipinski definition) is 1. The molecule has 1 aromatic rings. The summed E-state index contributed by atoms with van der Waals surface area (Å²) in [6.45, 7) is 0.767. The molecule has 0 radical (unpaired) electrons. The van der Waals surface area contributed by atoms with E-state index in [1.165, 1.54) is 4.68 Å². The molecule has 1 saturated heterocycles. The number of nitro groups is 1. The maximum atomic E-state index is 11.4. The molecule has 1 N–H and O–H groups in total. The highest BCUT2D eigenvalue weighted by Crippen LogP contribution is 2.29. The summed E-state index contributed by atoms with van der Waals surface area (Å²) in [6.07, 6.45) is 2.35. The standard InChI is InChI=1S/C10H14N4O4/c15-5-4-13-10(9(6-11-13)14(17)18)12-3-1-2-8(16)7-12/h6,15H,1-5,7H2. The molecule has 0 bridgehead atoms. The van der Waals surface area contributed by atoms with Crippen LogP contribution in [0.5, 0.6) is 0 Å². The third-order valence-corrected chi connectivity index (χ3v) is 2.85. The number of carbonyl (C=O) groups excluding carboxylic acids is 1. The summed E-state index contributed by atoms with van der Waals surface area (Å²) < 4.78 is 1.37. The molecule has 0 spiro atoms. The Balaban J connectivity index is 2.35. The van der Waals surface area contributed by atoms with Gasteiger partial charge in [0.1, 0.15) is 6.20 Å². The van der Waals surface area contributed by atoms with E-state index in [1.54, 1.807) is 4.90 Å². The van der Waals surface area contributed by atoms with Crippen LogP contribution in [0.25, 0.3) is 0 Å². The van der Waals surface area contributed by atoms with Gasteiger partial charge in [-0.05, 0) is 6.42 Å². The second-order valence-electron chi connectivity index (χ2n) is 4.12. The van der Waals surface area contributed by atoms with Crippen LogP contribution in [0.15, 0.2) is 6.20 Å². The summed E-state index contributed by atoms with van der Waals surface area (Å²) in [5.74, 6) is 0.370. The number of piperidine rings is 1. The molecule has 0 atom stereocenters. The number of aromatic nitrogens is 2. The van der Waals surface area contributed by atoms with Crippen molar-refractivity contribution in [3.63, 3.8) is 0 Å². The van der Waals surface area contributed by atoms with Crippen molar-refractivity contribution in [2.75, 3.05) is 24.6 Å². The molecule has 8 nitrogen and oxygen atoms in total. The summed E-state index contributed by atoms with van der Waals surface area (Å²) in [4.78, 5) is 23.5. The molecule has 1 fully saturated rings. The minimum Gasteiger partial charge on any atom is -0.394 e. The summed E-state index contributed by atoms with van der Waals surface area (Å²) in [6, 6.07) is 0.